The number of aromatic amines is 1. The molecule has 3 aromatic rings. The first-order valence-electron chi connectivity index (χ1n) is 5.40. The van der Waals surface area contributed by atoms with Gasteiger partial charge >= 0.3 is 0 Å². The number of rotatable bonds is 3. The van der Waals surface area contributed by atoms with E-state index >= 15 is 0 Å². The van der Waals surface area contributed by atoms with Crippen LogP contribution in [0.2, 0.25) is 0 Å². The summed E-state index contributed by atoms with van der Waals surface area (Å²) in [6, 6.07) is 6.13. The van der Waals surface area contributed by atoms with Crippen molar-refractivity contribution < 1.29 is 0 Å². The second-order valence-corrected chi connectivity index (χ2v) is 4.81. The van der Waals surface area contributed by atoms with Gasteiger partial charge in [0.25, 0.3) is 0 Å². The Bertz CT molecular complexity index is 627. The predicted molar refractivity (Wildman–Crippen MR) is 70.3 cm³/mol. The van der Waals surface area contributed by atoms with Crippen LogP contribution >= 0.6 is 11.3 Å². The van der Waals surface area contributed by atoms with Crippen LogP contribution in [0.3, 0.4) is 0 Å². The average molecular weight is 244 g/mol. The maximum absolute atomic E-state index is 4.37. The number of H-pyrrole nitrogens is 1. The molecule has 86 valence electrons. The van der Waals surface area contributed by atoms with E-state index in [0.29, 0.717) is 0 Å². The number of nitrogens with zero attached hydrogens (tertiary/aromatic N) is 2. The molecule has 0 bridgehead atoms. The van der Waals surface area contributed by atoms with Crippen molar-refractivity contribution in [2.24, 2.45) is 0 Å². The summed E-state index contributed by atoms with van der Waals surface area (Å²) in [5.74, 6) is 0.942. The summed E-state index contributed by atoms with van der Waals surface area (Å²) in [7, 11) is 0. The van der Waals surface area contributed by atoms with Crippen molar-refractivity contribution in [2.45, 2.75) is 13.5 Å². The Morgan fingerprint density at radius 3 is 3.18 bits per heavy atom. The van der Waals surface area contributed by atoms with Gasteiger partial charge in [0.05, 0.1) is 17.6 Å². The second kappa shape index (κ2) is 4.18. The Hall–Kier alpha value is -1.88. The van der Waals surface area contributed by atoms with Crippen molar-refractivity contribution in [1.29, 1.82) is 0 Å². The van der Waals surface area contributed by atoms with Gasteiger partial charge in [-0.3, -0.25) is 0 Å². The fourth-order valence-electron chi connectivity index (χ4n) is 1.77. The zero-order valence-electron chi connectivity index (χ0n) is 9.40. The molecule has 0 amide bonds. The molecule has 0 aliphatic carbocycles. The molecule has 0 aliphatic heterocycles. The monoisotopic (exact) mass is 244 g/mol. The highest BCUT2D eigenvalue weighted by atomic mass is 32.1. The molecule has 5 heteroatoms. The lowest BCUT2D eigenvalue weighted by atomic mass is 10.3. The number of hydrogen-bond donors (Lipinski definition) is 2. The van der Waals surface area contributed by atoms with E-state index in [9.17, 15) is 0 Å². The van der Waals surface area contributed by atoms with Crippen LogP contribution in [0.15, 0.2) is 29.8 Å². The molecule has 0 unspecified atom stereocenters. The van der Waals surface area contributed by atoms with Crippen molar-refractivity contribution >= 4 is 28.1 Å². The third-order valence-corrected chi connectivity index (χ3v) is 3.31. The molecular formula is C12H12N4S. The summed E-state index contributed by atoms with van der Waals surface area (Å²) in [5, 5.41) is 6.42. The highest BCUT2D eigenvalue weighted by Crippen LogP contribution is 2.18. The summed E-state index contributed by atoms with van der Waals surface area (Å²) in [4.78, 5) is 11.8. The molecule has 0 saturated heterocycles. The number of hydrogen-bond acceptors (Lipinski definition) is 4. The molecule has 0 saturated carbocycles. The zero-order chi connectivity index (χ0) is 11.7. The highest BCUT2D eigenvalue weighted by Gasteiger charge is 2.01. The molecule has 0 spiro atoms. The van der Waals surface area contributed by atoms with Crippen LogP contribution in [-0.2, 0) is 6.54 Å². The minimum atomic E-state index is 0.760. The number of aryl methyl sites for hydroxylation is 1. The minimum Gasteiger partial charge on any atom is -0.378 e. The molecule has 2 N–H and O–H groups in total. The standard InChI is InChI=1S/C12H12N4S/c1-8-15-10-3-2-9(6-11(10)16-8)14-7-12-13-4-5-17-12/h2-6,14H,7H2,1H3,(H,15,16). The van der Waals surface area contributed by atoms with E-state index < -0.39 is 0 Å². The molecule has 4 nitrogen and oxygen atoms in total. The minimum absolute atomic E-state index is 0.760. The molecule has 17 heavy (non-hydrogen) atoms. The first-order chi connectivity index (χ1) is 8.31. The first kappa shape index (κ1) is 10.3. The van der Waals surface area contributed by atoms with Gasteiger partial charge in [-0.15, -0.1) is 11.3 Å². The summed E-state index contributed by atoms with van der Waals surface area (Å²) >= 11 is 1.66. The maximum Gasteiger partial charge on any atom is 0.112 e. The molecule has 3 rings (SSSR count). The molecule has 0 radical (unpaired) electrons. The smallest absolute Gasteiger partial charge is 0.112 e. The summed E-state index contributed by atoms with van der Waals surface area (Å²) in [5.41, 5.74) is 3.14. The third kappa shape index (κ3) is 2.14. The van der Waals surface area contributed by atoms with Gasteiger partial charge in [0.1, 0.15) is 10.8 Å². The topological polar surface area (TPSA) is 53.6 Å². The number of thiazole rings is 1. The SMILES string of the molecule is Cc1nc2ccc(NCc3nccs3)cc2[nH]1. The number of imidazole rings is 1. The number of anilines is 1. The lowest BCUT2D eigenvalue weighted by molar-refractivity contribution is 1.10. The largest absolute Gasteiger partial charge is 0.378 e. The maximum atomic E-state index is 4.37. The van der Waals surface area contributed by atoms with Gasteiger partial charge in [-0.25, -0.2) is 9.97 Å². The fourth-order valence-corrected chi connectivity index (χ4v) is 2.32. The molecule has 0 atom stereocenters. The quantitative estimate of drug-likeness (QED) is 0.744. The van der Waals surface area contributed by atoms with Gasteiger partial charge in [-0.1, -0.05) is 0 Å². The lowest BCUT2D eigenvalue weighted by Crippen LogP contribution is -1.98. The van der Waals surface area contributed by atoms with E-state index in [-0.39, 0.29) is 0 Å². The molecule has 1 aromatic carbocycles. The van der Waals surface area contributed by atoms with Crippen molar-refractivity contribution in [3.05, 3.63) is 40.6 Å². The van der Waals surface area contributed by atoms with Crippen LogP contribution < -0.4 is 5.32 Å². The Morgan fingerprint density at radius 2 is 2.35 bits per heavy atom. The van der Waals surface area contributed by atoms with E-state index in [1.807, 2.05) is 30.6 Å². The number of fused-ring (bicyclic) bond motifs is 1. The number of nitrogens with one attached hydrogen (secondary N) is 2. The van der Waals surface area contributed by atoms with Crippen LogP contribution in [0, 0.1) is 6.92 Å². The number of aromatic nitrogens is 3. The summed E-state index contributed by atoms with van der Waals surface area (Å²) in [6.07, 6.45) is 1.82. The number of benzene rings is 1. The van der Waals surface area contributed by atoms with E-state index in [2.05, 4.69) is 26.3 Å². The Labute approximate surface area is 103 Å². The molecule has 0 aliphatic rings. The van der Waals surface area contributed by atoms with E-state index in [1.54, 1.807) is 11.3 Å². The Morgan fingerprint density at radius 1 is 1.41 bits per heavy atom. The van der Waals surface area contributed by atoms with Crippen molar-refractivity contribution in [3.63, 3.8) is 0 Å². The fraction of sp³-hybridized carbons (Fsp3) is 0.167. The van der Waals surface area contributed by atoms with E-state index in [1.165, 1.54) is 0 Å². The molecule has 2 aromatic heterocycles. The van der Waals surface area contributed by atoms with Crippen LogP contribution in [0.4, 0.5) is 5.69 Å². The van der Waals surface area contributed by atoms with Gasteiger partial charge in [0, 0.05) is 17.3 Å². The van der Waals surface area contributed by atoms with Crippen LogP contribution in [0.1, 0.15) is 10.8 Å². The van der Waals surface area contributed by atoms with Crippen LogP contribution in [0.25, 0.3) is 11.0 Å². The summed E-state index contributed by atoms with van der Waals surface area (Å²) < 4.78 is 0. The molecule has 0 fully saturated rings. The predicted octanol–water partition coefficient (Wildman–Crippen LogP) is 2.94. The van der Waals surface area contributed by atoms with Crippen molar-refractivity contribution in [2.75, 3.05) is 5.32 Å². The van der Waals surface area contributed by atoms with Gasteiger partial charge in [-0.2, -0.15) is 0 Å². The molecule has 2 heterocycles. The average Bonchev–Trinajstić information content (AvgIpc) is 2.92. The normalized spacial score (nSPS) is 10.9. The van der Waals surface area contributed by atoms with Gasteiger partial charge < -0.3 is 10.3 Å². The third-order valence-electron chi connectivity index (χ3n) is 2.53. The van der Waals surface area contributed by atoms with Crippen LogP contribution in [0.5, 0.6) is 0 Å². The Kier molecular flexibility index (Phi) is 2.53. The zero-order valence-corrected chi connectivity index (χ0v) is 10.2. The molecular weight excluding hydrogens is 232 g/mol. The van der Waals surface area contributed by atoms with Gasteiger partial charge in [0.2, 0.25) is 0 Å². The lowest BCUT2D eigenvalue weighted by Gasteiger charge is -2.03. The van der Waals surface area contributed by atoms with Gasteiger partial charge in [-0.05, 0) is 25.1 Å². The first-order valence-corrected chi connectivity index (χ1v) is 6.28. The highest BCUT2D eigenvalue weighted by molar-refractivity contribution is 7.09. The Balaban J connectivity index is 1.81. The van der Waals surface area contributed by atoms with E-state index in [0.717, 1.165) is 34.1 Å². The summed E-state index contributed by atoms with van der Waals surface area (Å²) in [6.45, 7) is 2.72. The van der Waals surface area contributed by atoms with Gasteiger partial charge in [0.15, 0.2) is 0 Å². The van der Waals surface area contributed by atoms with Crippen molar-refractivity contribution in [1.82, 2.24) is 15.0 Å². The van der Waals surface area contributed by atoms with E-state index in [4.69, 9.17) is 0 Å². The van der Waals surface area contributed by atoms with Crippen LogP contribution in [-0.4, -0.2) is 15.0 Å². The van der Waals surface area contributed by atoms with Crippen molar-refractivity contribution in [3.8, 4) is 0 Å². The second-order valence-electron chi connectivity index (χ2n) is 3.83.